The Morgan fingerprint density at radius 1 is 1.22 bits per heavy atom. The quantitative estimate of drug-likeness (QED) is 0.757. The van der Waals surface area contributed by atoms with Gasteiger partial charge in [-0.05, 0) is 18.2 Å². The van der Waals surface area contributed by atoms with Crippen LogP contribution in [0.1, 0.15) is 21.8 Å². The molecule has 2 N–H and O–H groups in total. The SMILES string of the molecule is Cn1c(C(=O)O)c(CC(=O)NCc2ccco2)c2ccccc21. The fourth-order valence-electron chi connectivity index (χ4n) is 2.75. The average Bonchev–Trinajstić information content (AvgIpc) is 3.13. The van der Waals surface area contributed by atoms with E-state index in [4.69, 9.17) is 4.42 Å². The molecule has 6 heteroatoms. The van der Waals surface area contributed by atoms with Crippen LogP contribution in [0.25, 0.3) is 10.9 Å². The van der Waals surface area contributed by atoms with E-state index in [0.29, 0.717) is 11.3 Å². The van der Waals surface area contributed by atoms with Gasteiger partial charge in [0.1, 0.15) is 11.5 Å². The van der Waals surface area contributed by atoms with Crippen LogP contribution in [0.2, 0.25) is 0 Å². The second-order valence-electron chi connectivity index (χ2n) is 5.24. The van der Waals surface area contributed by atoms with Crippen LogP contribution >= 0.6 is 0 Å². The van der Waals surface area contributed by atoms with Gasteiger partial charge in [-0.15, -0.1) is 0 Å². The Hall–Kier alpha value is -3.02. The molecule has 0 fully saturated rings. The summed E-state index contributed by atoms with van der Waals surface area (Å²) in [5, 5.41) is 13.0. The number of carboxylic acid groups (broad SMARTS) is 1. The molecule has 0 aliphatic heterocycles. The number of para-hydroxylation sites is 1. The number of carbonyl (C=O) groups excluding carboxylic acids is 1. The summed E-state index contributed by atoms with van der Waals surface area (Å²) < 4.78 is 6.76. The minimum atomic E-state index is -1.04. The predicted molar refractivity (Wildman–Crippen MR) is 84.1 cm³/mol. The zero-order valence-electron chi connectivity index (χ0n) is 12.6. The Bertz CT molecular complexity index is 862. The molecule has 3 rings (SSSR count). The molecule has 0 aliphatic rings. The number of aryl methyl sites for hydroxylation is 1. The van der Waals surface area contributed by atoms with Crippen molar-refractivity contribution in [3.8, 4) is 0 Å². The molecule has 6 nitrogen and oxygen atoms in total. The highest BCUT2D eigenvalue weighted by atomic mass is 16.4. The number of carboxylic acids is 1. The second kappa shape index (κ2) is 6.00. The Morgan fingerprint density at radius 2 is 2.00 bits per heavy atom. The summed E-state index contributed by atoms with van der Waals surface area (Å²) in [5.41, 5.74) is 1.45. The van der Waals surface area contributed by atoms with Crippen LogP contribution in [0.4, 0.5) is 0 Å². The van der Waals surface area contributed by atoms with Crippen LogP contribution in [0.15, 0.2) is 47.1 Å². The summed E-state index contributed by atoms with van der Waals surface area (Å²) in [6, 6.07) is 10.9. The van der Waals surface area contributed by atoms with Gasteiger partial charge in [0, 0.05) is 23.5 Å². The molecule has 0 saturated heterocycles. The molecule has 1 aromatic carbocycles. The minimum absolute atomic E-state index is 0.00367. The van der Waals surface area contributed by atoms with Gasteiger partial charge in [0.05, 0.1) is 19.2 Å². The fourth-order valence-corrected chi connectivity index (χ4v) is 2.75. The Balaban J connectivity index is 1.88. The van der Waals surface area contributed by atoms with E-state index >= 15 is 0 Å². The maximum atomic E-state index is 12.2. The second-order valence-corrected chi connectivity index (χ2v) is 5.24. The van der Waals surface area contributed by atoms with E-state index in [9.17, 15) is 14.7 Å². The van der Waals surface area contributed by atoms with E-state index in [-0.39, 0.29) is 24.6 Å². The lowest BCUT2D eigenvalue weighted by atomic mass is 10.1. The molecule has 0 unspecified atom stereocenters. The summed E-state index contributed by atoms with van der Waals surface area (Å²) in [7, 11) is 1.69. The van der Waals surface area contributed by atoms with Crippen molar-refractivity contribution in [2.45, 2.75) is 13.0 Å². The first-order chi connectivity index (χ1) is 11.1. The highest BCUT2D eigenvalue weighted by Gasteiger charge is 2.22. The Morgan fingerprint density at radius 3 is 2.70 bits per heavy atom. The fraction of sp³-hybridized carbons (Fsp3) is 0.176. The monoisotopic (exact) mass is 312 g/mol. The number of furan rings is 1. The lowest BCUT2D eigenvalue weighted by Gasteiger charge is -2.05. The maximum Gasteiger partial charge on any atom is 0.352 e. The molecule has 0 spiro atoms. The van der Waals surface area contributed by atoms with Crippen LogP contribution in [0.3, 0.4) is 0 Å². The van der Waals surface area contributed by atoms with Gasteiger partial charge in [0.2, 0.25) is 5.91 Å². The first-order valence-electron chi connectivity index (χ1n) is 7.16. The van der Waals surface area contributed by atoms with Gasteiger partial charge in [-0.25, -0.2) is 4.79 Å². The van der Waals surface area contributed by atoms with Crippen molar-refractivity contribution in [3.05, 3.63) is 59.7 Å². The lowest BCUT2D eigenvalue weighted by molar-refractivity contribution is -0.120. The number of amides is 1. The summed E-state index contributed by atoms with van der Waals surface area (Å²) in [5.74, 6) is -0.646. The van der Waals surface area contributed by atoms with Crippen molar-refractivity contribution in [3.63, 3.8) is 0 Å². The van der Waals surface area contributed by atoms with Crippen LogP contribution in [-0.2, 0) is 24.8 Å². The topological polar surface area (TPSA) is 84.5 Å². The first kappa shape index (κ1) is 14.9. The van der Waals surface area contributed by atoms with Gasteiger partial charge in [0.25, 0.3) is 0 Å². The van der Waals surface area contributed by atoms with Crippen molar-refractivity contribution >= 4 is 22.8 Å². The lowest BCUT2D eigenvalue weighted by Crippen LogP contribution is -2.25. The van der Waals surface area contributed by atoms with Crippen molar-refractivity contribution in [2.75, 3.05) is 0 Å². The number of nitrogens with zero attached hydrogens (tertiary/aromatic N) is 1. The van der Waals surface area contributed by atoms with Gasteiger partial charge in [-0.2, -0.15) is 0 Å². The molecule has 2 heterocycles. The maximum absolute atomic E-state index is 12.2. The smallest absolute Gasteiger partial charge is 0.352 e. The van der Waals surface area contributed by atoms with Crippen LogP contribution in [-0.4, -0.2) is 21.6 Å². The predicted octanol–water partition coefficient (Wildman–Crippen LogP) is 2.33. The Kier molecular flexibility index (Phi) is 3.89. The van der Waals surface area contributed by atoms with Gasteiger partial charge in [0.15, 0.2) is 0 Å². The van der Waals surface area contributed by atoms with Gasteiger partial charge in [-0.3, -0.25) is 4.79 Å². The average molecular weight is 312 g/mol. The molecule has 0 aliphatic carbocycles. The third-order valence-corrected chi connectivity index (χ3v) is 3.79. The van der Waals surface area contributed by atoms with E-state index in [1.807, 2.05) is 24.3 Å². The molecular weight excluding hydrogens is 296 g/mol. The van der Waals surface area contributed by atoms with E-state index in [0.717, 1.165) is 10.9 Å². The number of hydrogen-bond donors (Lipinski definition) is 2. The molecule has 2 aromatic heterocycles. The molecule has 118 valence electrons. The van der Waals surface area contributed by atoms with Crippen molar-refractivity contribution in [2.24, 2.45) is 7.05 Å². The van der Waals surface area contributed by atoms with Crippen LogP contribution in [0, 0.1) is 0 Å². The minimum Gasteiger partial charge on any atom is -0.477 e. The van der Waals surface area contributed by atoms with Crippen molar-refractivity contribution < 1.29 is 19.1 Å². The third kappa shape index (κ3) is 2.83. The largest absolute Gasteiger partial charge is 0.477 e. The molecular formula is C17H16N2O4. The number of fused-ring (bicyclic) bond motifs is 1. The zero-order valence-corrected chi connectivity index (χ0v) is 12.6. The van der Waals surface area contributed by atoms with Crippen LogP contribution < -0.4 is 5.32 Å². The number of hydrogen-bond acceptors (Lipinski definition) is 3. The zero-order chi connectivity index (χ0) is 16.4. The number of benzene rings is 1. The standard InChI is InChI=1S/C17H16N2O4/c1-19-14-7-3-2-6-12(14)13(16(19)17(21)22)9-15(20)18-10-11-5-4-8-23-11/h2-8H,9-10H2,1H3,(H,18,20)(H,21,22). The molecule has 1 amide bonds. The molecule has 0 bridgehead atoms. The molecule has 0 atom stereocenters. The van der Waals surface area contributed by atoms with E-state index in [1.165, 1.54) is 6.26 Å². The van der Waals surface area contributed by atoms with Crippen molar-refractivity contribution in [1.82, 2.24) is 9.88 Å². The highest BCUT2D eigenvalue weighted by molar-refractivity contribution is 6.00. The Labute approximate surface area is 132 Å². The number of rotatable bonds is 5. The van der Waals surface area contributed by atoms with Gasteiger partial charge in [-0.1, -0.05) is 18.2 Å². The summed E-state index contributed by atoms with van der Waals surface area (Å²) in [6.07, 6.45) is 1.54. The highest BCUT2D eigenvalue weighted by Crippen LogP contribution is 2.25. The molecule has 0 saturated carbocycles. The number of carbonyl (C=O) groups is 2. The molecule has 0 radical (unpaired) electrons. The normalized spacial score (nSPS) is 10.8. The molecule has 3 aromatic rings. The number of aromatic carboxylic acids is 1. The third-order valence-electron chi connectivity index (χ3n) is 3.79. The summed E-state index contributed by atoms with van der Waals surface area (Å²) in [4.78, 5) is 23.8. The van der Waals surface area contributed by atoms with E-state index in [1.54, 1.807) is 23.7 Å². The van der Waals surface area contributed by atoms with Gasteiger partial charge >= 0.3 is 5.97 Å². The number of nitrogens with one attached hydrogen (secondary N) is 1. The first-order valence-corrected chi connectivity index (χ1v) is 7.16. The molecule has 23 heavy (non-hydrogen) atoms. The number of aromatic nitrogens is 1. The van der Waals surface area contributed by atoms with Crippen molar-refractivity contribution in [1.29, 1.82) is 0 Å². The van der Waals surface area contributed by atoms with Gasteiger partial charge < -0.3 is 19.4 Å². The van der Waals surface area contributed by atoms with E-state index < -0.39 is 5.97 Å². The summed E-state index contributed by atoms with van der Waals surface area (Å²) >= 11 is 0. The van der Waals surface area contributed by atoms with E-state index in [2.05, 4.69) is 5.32 Å². The summed E-state index contributed by atoms with van der Waals surface area (Å²) in [6.45, 7) is 0.277. The van der Waals surface area contributed by atoms with Crippen LogP contribution in [0.5, 0.6) is 0 Å².